The minimum absolute atomic E-state index is 0.0472. The lowest BCUT2D eigenvalue weighted by Crippen LogP contribution is -2.31. The summed E-state index contributed by atoms with van der Waals surface area (Å²) >= 11 is 0. The molecule has 3 rings (SSSR count). The van der Waals surface area contributed by atoms with Crippen LogP contribution in [0.3, 0.4) is 0 Å². The van der Waals surface area contributed by atoms with E-state index >= 15 is 0 Å². The number of aryl methyl sites for hydroxylation is 1. The normalized spacial score (nSPS) is 14.9. The highest BCUT2D eigenvalue weighted by atomic mass is 16.5. The number of hydrogen-bond donors (Lipinski definition) is 2. The number of hydrogen-bond acceptors (Lipinski definition) is 6. The molecule has 0 radical (unpaired) electrons. The summed E-state index contributed by atoms with van der Waals surface area (Å²) in [4.78, 5) is 11.3. The van der Waals surface area contributed by atoms with Gasteiger partial charge in [0.25, 0.3) is 0 Å². The number of fused-ring (bicyclic) bond motifs is 1. The summed E-state index contributed by atoms with van der Waals surface area (Å²) in [5.74, 6) is 2.38. The number of ether oxygens (including phenoxy) is 1. The third-order valence-corrected chi connectivity index (χ3v) is 4.24. The Morgan fingerprint density at radius 3 is 2.88 bits per heavy atom. The van der Waals surface area contributed by atoms with Crippen molar-refractivity contribution in [1.29, 1.82) is 0 Å². The van der Waals surface area contributed by atoms with Crippen molar-refractivity contribution in [2.45, 2.75) is 32.9 Å². The van der Waals surface area contributed by atoms with Crippen LogP contribution in [0.2, 0.25) is 0 Å². The first-order valence-electron chi connectivity index (χ1n) is 8.23. The van der Waals surface area contributed by atoms with Crippen LogP contribution in [0.5, 0.6) is 5.75 Å². The van der Waals surface area contributed by atoms with Gasteiger partial charge in [0, 0.05) is 30.9 Å². The van der Waals surface area contributed by atoms with Gasteiger partial charge < -0.3 is 20.1 Å². The van der Waals surface area contributed by atoms with Crippen LogP contribution in [-0.4, -0.2) is 41.4 Å². The third-order valence-electron chi connectivity index (χ3n) is 4.24. The Kier molecular flexibility index (Phi) is 4.85. The Labute approximate surface area is 142 Å². The van der Waals surface area contributed by atoms with Crippen LogP contribution >= 0.6 is 0 Å². The molecule has 6 heteroatoms. The number of aliphatic hydroxyl groups is 1. The molecule has 1 aromatic heterocycles. The van der Waals surface area contributed by atoms with E-state index in [9.17, 15) is 5.11 Å². The fourth-order valence-electron chi connectivity index (χ4n) is 2.90. The summed E-state index contributed by atoms with van der Waals surface area (Å²) in [7, 11) is 1.70. The van der Waals surface area contributed by atoms with Gasteiger partial charge in [-0.1, -0.05) is 6.07 Å². The molecule has 0 amide bonds. The van der Waals surface area contributed by atoms with Crippen LogP contribution in [0.4, 0.5) is 11.8 Å². The highest BCUT2D eigenvalue weighted by Gasteiger charge is 2.19. The Balaban J connectivity index is 1.82. The standard InChI is InChI=1S/C18H24N4O2/c1-12-8-17(21-18(19-12)20-13(2)11-23)22-7-6-14-9-16(24-3)5-4-15(14)10-22/h4-5,8-9,13,23H,6-7,10-11H2,1-3H3,(H,19,20,21)/t13-/m1/s1. The fraction of sp³-hybridized carbons (Fsp3) is 0.444. The van der Waals surface area contributed by atoms with E-state index in [0.29, 0.717) is 5.95 Å². The lowest BCUT2D eigenvalue weighted by Gasteiger charge is -2.30. The summed E-state index contributed by atoms with van der Waals surface area (Å²) in [6.45, 7) is 5.64. The highest BCUT2D eigenvalue weighted by Crippen LogP contribution is 2.27. The lowest BCUT2D eigenvalue weighted by atomic mass is 9.99. The lowest BCUT2D eigenvalue weighted by molar-refractivity contribution is 0.281. The summed E-state index contributed by atoms with van der Waals surface area (Å²) < 4.78 is 5.31. The van der Waals surface area contributed by atoms with E-state index in [-0.39, 0.29) is 12.6 Å². The first kappa shape index (κ1) is 16.5. The molecule has 0 bridgehead atoms. The number of methoxy groups -OCH3 is 1. The monoisotopic (exact) mass is 328 g/mol. The second kappa shape index (κ2) is 7.05. The molecule has 0 aliphatic carbocycles. The largest absolute Gasteiger partial charge is 0.497 e. The number of aromatic nitrogens is 2. The predicted octanol–water partition coefficient (Wildman–Crippen LogP) is 2.15. The highest BCUT2D eigenvalue weighted by molar-refractivity contribution is 5.49. The molecule has 0 spiro atoms. The first-order chi connectivity index (χ1) is 11.6. The second-order valence-electron chi connectivity index (χ2n) is 6.23. The maximum atomic E-state index is 9.20. The van der Waals surface area contributed by atoms with Crippen LogP contribution in [0.25, 0.3) is 0 Å². The third kappa shape index (κ3) is 3.59. The number of anilines is 2. The molecular weight excluding hydrogens is 304 g/mol. The average Bonchev–Trinajstić information content (AvgIpc) is 2.60. The molecule has 2 N–H and O–H groups in total. The zero-order chi connectivity index (χ0) is 17.1. The Hall–Kier alpha value is -2.34. The summed E-state index contributed by atoms with van der Waals surface area (Å²) in [5, 5.41) is 12.3. The van der Waals surface area contributed by atoms with Crippen molar-refractivity contribution in [3.63, 3.8) is 0 Å². The number of aliphatic hydroxyl groups excluding tert-OH is 1. The molecule has 1 atom stereocenters. The van der Waals surface area contributed by atoms with E-state index in [0.717, 1.165) is 36.8 Å². The number of nitrogens with zero attached hydrogens (tertiary/aromatic N) is 3. The van der Waals surface area contributed by atoms with Gasteiger partial charge in [0.2, 0.25) is 5.95 Å². The molecular formula is C18H24N4O2. The molecule has 1 aliphatic heterocycles. The van der Waals surface area contributed by atoms with Crippen molar-refractivity contribution in [3.05, 3.63) is 41.1 Å². The predicted molar refractivity (Wildman–Crippen MR) is 94.7 cm³/mol. The van der Waals surface area contributed by atoms with Crippen molar-refractivity contribution >= 4 is 11.8 Å². The van der Waals surface area contributed by atoms with E-state index in [1.165, 1.54) is 11.1 Å². The van der Waals surface area contributed by atoms with Gasteiger partial charge in [-0.05, 0) is 43.5 Å². The quantitative estimate of drug-likeness (QED) is 0.876. The van der Waals surface area contributed by atoms with Crippen molar-refractivity contribution in [3.8, 4) is 5.75 Å². The van der Waals surface area contributed by atoms with Crippen molar-refractivity contribution in [1.82, 2.24) is 9.97 Å². The maximum Gasteiger partial charge on any atom is 0.225 e. The van der Waals surface area contributed by atoms with Gasteiger partial charge in [0.05, 0.1) is 13.7 Å². The molecule has 1 aromatic carbocycles. The Morgan fingerprint density at radius 2 is 2.12 bits per heavy atom. The van der Waals surface area contributed by atoms with Crippen LogP contribution in [0.1, 0.15) is 23.7 Å². The minimum Gasteiger partial charge on any atom is -0.497 e. The van der Waals surface area contributed by atoms with Gasteiger partial charge in [-0.15, -0.1) is 0 Å². The van der Waals surface area contributed by atoms with E-state index in [1.807, 2.05) is 26.0 Å². The van der Waals surface area contributed by atoms with Crippen molar-refractivity contribution < 1.29 is 9.84 Å². The molecule has 128 valence electrons. The SMILES string of the molecule is COc1ccc2c(c1)CCN(c1cc(C)nc(N[C@H](C)CO)n1)C2. The van der Waals surface area contributed by atoms with Crippen LogP contribution in [-0.2, 0) is 13.0 Å². The van der Waals surface area contributed by atoms with Crippen molar-refractivity contribution in [2.75, 3.05) is 30.5 Å². The average molecular weight is 328 g/mol. The number of nitrogens with one attached hydrogen (secondary N) is 1. The van der Waals surface area contributed by atoms with E-state index in [2.05, 4.69) is 32.3 Å². The van der Waals surface area contributed by atoms with Crippen LogP contribution < -0.4 is 15.0 Å². The van der Waals surface area contributed by atoms with Gasteiger partial charge in [-0.2, -0.15) is 4.98 Å². The van der Waals surface area contributed by atoms with Gasteiger partial charge in [-0.25, -0.2) is 4.98 Å². The van der Waals surface area contributed by atoms with Gasteiger partial charge in [-0.3, -0.25) is 0 Å². The molecule has 0 fully saturated rings. The van der Waals surface area contributed by atoms with Crippen LogP contribution in [0.15, 0.2) is 24.3 Å². The van der Waals surface area contributed by atoms with Gasteiger partial charge in [0.1, 0.15) is 11.6 Å². The summed E-state index contributed by atoms with van der Waals surface area (Å²) in [5.41, 5.74) is 3.55. The fourth-order valence-corrected chi connectivity index (χ4v) is 2.90. The molecule has 24 heavy (non-hydrogen) atoms. The van der Waals surface area contributed by atoms with E-state index in [4.69, 9.17) is 4.74 Å². The Bertz CT molecular complexity index is 720. The molecule has 1 aliphatic rings. The van der Waals surface area contributed by atoms with E-state index in [1.54, 1.807) is 7.11 Å². The topological polar surface area (TPSA) is 70.5 Å². The Morgan fingerprint density at radius 1 is 1.29 bits per heavy atom. The van der Waals surface area contributed by atoms with E-state index < -0.39 is 0 Å². The second-order valence-corrected chi connectivity index (χ2v) is 6.23. The number of benzene rings is 1. The van der Waals surface area contributed by atoms with Gasteiger partial charge in [0.15, 0.2) is 0 Å². The number of rotatable bonds is 5. The minimum atomic E-state index is -0.0748. The molecule has 2 aromatic rings. The maximum absolute atomic E-state index is 9.20. The molecule has 6 nitrogen and oxygen atoms in total. The van der Waals surface area contributed by atoms with Crippen molar-refractivity contribution in [2.24, 2.45) is 0 Å². The molecule has 2 heterocycles. The zero-order valence-corrected chi connectivity index (χ0v) is 14.4. The summed E-state index contributed by atoms with van der Waals surface area (Å²) in [6, 6.07) is 8.18. The van der Waals surface area contributed by atoms with Crippen LogP contribution in [0, 0.1) is 6.92 Å². The molecule has 0 saturated carbocycles. The summed E-state index contributed by atoms with van der Waals surface area (Å²) in [6.07, 6.45) is 0.964. The van der Waals surface area contributed by atoms with Gasteiger partial charge >= 0.3 is 0 Å². The molecule has 0 saturated heterocycles. The first-order valence-corrected chi connectivity index (χ1v) is 8.23. The zero-order valence-electron chi connectivity index (χ0n) is 14.4. The smallest absolute Gasteiger partial charge is 0.225 e. The molecule has 0 unspecified atom stereocenters.